The van der Waals surface area contributed by atoms with Crippen molar-refractivity contribution in [2.45, 2.75) is 12.6 Å². The number of nitrogens with two attached hydrogens (primary N) is 1. The molecule has 1 unspecified atom stereocenters. The van der Waals surface area contributed by atoms with Gasteiger partial charge in [-0.25, -0.2) is 4.98 Å². The number of benzene rings is 1. The second kappa shape index (κ2) is 3.43. The van der Waals surface area contributed by atoms with E-state index in [2.05, 4.69) is 4.98 Å². The first-order valence-corrected chi connectivity index (χ1v) is 5.30. The van der Waals surface area contributed by atoms with Crippen molar-refractivity contribution in [1.29, 1.82) is 0 Å². The zero-order chi connectivity index (χ0) is 12.0. The highest BCUT2D eigenvalue weighted by Crippen LogP contribution is 2.32. The van der Waals surface area contributed by atoms with Crippen molar-refractivity contribution in [3.8, 4) is 11.4 Å². The Labute approximate surface area is 97.5 Å². The first-order valence-electron chi connectivity index (χ1n) is 5.30. The van der Waals surface area contributed by atoms with E-state index < -0.39 is 12.0 Å². The second-order valence-electron chi connectivity index (χ2n) is 4.07. The minimum Gasteiger partial charge on any atom is -0.480 e. The maximum atomic E-state index is 10.9. The molecule has 17 heavy (non-hydrogen) atoms. The Hall–Kier alpha value is -2.14. The van der Waals surface area contributed by atoms with E-state index >= 15 is 0 Å². The Morgan fingerprint density at radius 1 is 1.47 bits per heavy atom. The van der Waals surface area contributed by atoms with E-state index in [1.54, 1.807) is 6.20 Å². The molecule has 0 radical (unpaired) electrons. The minimum atomic E-state index is -1.04. The maximum Gasteiger partial charge on any atom is 0.326 e. The molecule has 1 aromatic carbocycles. The van der Waals surface area contributed by atoms with Crippen LogP contribution in [0.4, 0.5) is 0 Å². The van der Waals surface area contributed by atoms with Gasteiger partial charge in [0, 0.05) is 5.56 Å². The fourth-order valence-corrected chi connectivity index (χ4v) is 2.19. The number of carboxylic acid groups (broad SMARTS) is 1. The average molecular weight is 229 g/mol. The number of fused-ring (bicyclic) bond motifs is 3. The summed E-state index contributed by atoms with van der Waals surface area (Å²) in [5.41, 5.74) is 8.37. The lowest BCUT2D eigenvalue weighted by atomic mass is 10.1. The largest absolute Gasteiger partial charge is 0.480 e. The first-order chi connectivity index (χ1) is 8.18. The SMILES string of the molecule is NC(C(=O)O)c1cnc2n1Cc1ccccc1-2. The van der Waals surface area contributed by atoms with E-state index in [9.17, 15) is 4.79 Å². The molecule has 3 N–H and O–H groups in total. The van der Waals surface area contributed by atoms with Gasteiger partial charge in [0.1, 0.15) is 11.9 Å². The Kier molecular flexibility index (Phi) is 2.02. The van der Waals surface area contributed by atoms with Gasteiger partial charge < -0.3 is 15.4 Å². The molecule has 0 aliphatic carbocycles. The molecule has 0 bridgehead atoms. The molecular formula is C12H11N3O2. The molecule has 2 heterocycles. The fraction of sp³-hybridized carbons (Fsp3) is 0.167. The molecule has 1 atom stereocenters. The van der Waals surface area contributed by atoms with Gasteiger partial charge in [-0.05, 0) is 5.56 Å². The predicted molar refractivity (Wildman–Crippen MR) is 61.3 cm³/mol. The number of carboxylic acids is 1. The summed E-state index contributed by atoms with van der Waals surface area (Å²) in [6.45, 7) is 0.641. The number of nitrogens with zero attached hydrogens (tertiary/aromatic N) is 2. The highest BCUT2D eigenvalue weighted by atomic mass is 16.4. The molecule has 0 spiro atoms. The summed E-state index contributed by atoms with van der Waals surface area (Å²) in [5.74, 6) is -0.240. The summed E-state index contributed by atoms with van der Waals surface area (Å²) in [6.07, 6.45) is 1.55. The molecule has 86 valence electrons. The molecule has 1 aromatic heterocycles. The average Bonchev–Trinajstić information content (AvgIpc) is 2.86. The van der Waals surface area contributed by atoms with Crippen molar-refractivity contribution in [2.24, 2.45) is 5.73 Å². The molecular weight excluding hydrogens is 218 g/mol. The van der Waals surface area contributed by atoms with Crippen LogP contribution < -0.4 is 5.73 Å². The van der Waals surface area contributed by atoms with Gasteiger partial charge in [-0.1, -0.05) is 24.3 Å². The molecule has 1 aliphatic heterocycles. The highest BCUT2D eigenvalue weighted by Gasteiger charge is 2.26. The molecule has 3 rings (SSSR count). The molecule has 5 heteroatoms. The lowest BCUT2D eigenvalue weighted by molar-refractivity contribution is -0.138. The van der Waals surface area contributed by atoms with Crippen LogP contribution in [0.5, 0.6) is 0 Å². The van der Waals surface area contributed by atoms with Gasteiger partial charge in [0.2, 0.25) is 0 Å². The van der Waals surface area contributed by atoms with Gasteiger partial charge in [0.15, 0.2) is 0 Å². The normalized spacial score (nSPS) is 14.2. The number of aliphatic carboxylic acids is 1. The van der Waals surface area contributed by atoms with E-state index in [0.717, 1.165) is 17.0 Å². The van der Waals surface area contributed by atoms with Gasteiger partial charge in [-0.15, -0.1) is 0 Å². The zero-order valence-corrected chi connectivity index (χ0v) is 9.00. The van der Waals surface area contributed by atoms with Crippen molar-refractivity contribution in [3.05, 3.63) is 41.7 Å². The number of rotatable bonds is 2. The van der Waals surface area contributed by atoms with Crippen LogP contribution in [-0.2, 0) is 11.3 Å². The third-order valence-electron chi connectivity index (χ3n) is 3.06. The fourth-order valence-electron chi connectivity index (χ4n) is 2.19. The monoisotopic (exact) mass is 229 g/mol. The molecule has 0 amide bonds. The number of aromatic nitrogens is 2. The van der Waals surface area contributed by atoms with Crippen molar-refractivity contribution in [2.75, 3.05) is 0 Å². The van der Waals surface area contributed by atoms with Gasteiger partial charge in [0.25, 0.3) is 0 Å². The Balaban J connectivity index is 2.11. The van der Waals surface area contributed by atoms with E-state index in [0.29, 0.717) is 12.2 Å². The lowest BCUT2D eigenvalue weighted by Gasteiger charge is -2.08. The highest BCUT2D eigenvalue weighted by molar-refractivity contribution is 5.75. The maximum absolute atomic E-state index is 10.9. The molecule has 2 aromatic rings. The Bertz CT molecular complexity index is 604. The van der Waals surface area contributed by atoms with E-state index in [4.69, 9.17) is 10.8 Å². The number of imidazole rings is 1. The summed E-state index contributed by atoms with van der Waals surface area (Å²) < 4.78 is 1.86. The Morgan fingerprint density at radius 2 is 2.24 bits per heavy atom. The standard InChI is InChI=1S/C12H11N3O2/c13-10(12(16)17)9-5-14-11-8-4-2-1-3-7(8)6-15(9)11/h1-5,10H,6,13H2,(H,16,17). The molecule has 0 saturated heterocycles. The summed E-state index contributed by atoms with van der Waals surface area (Å²) in [6, 6.07) is 6.88. The zero-order valence-electron chi connectivity index (χ0n) is 9.00. The van der Waals surface area contributed by atoms with Crippen LogP contribution in [0.25, 0.3) is 11.4 Å². The first kappa shape index (κ1) is 10.0. The number of hydrogen-bond donors (Lipinski definition) is 2. The second-order valence-corrected chi connectivity index (χ2v) is 4.07. The van der Waals surface area contributed by atoms with Crippen molar-refractivity contribution < 1.29 is 9.90 Å². The Morgan fingerprint density at radius 3 is 3.00 bits per heavy atom. The smallest absolute Gasteiger partial charge is 0.326 e. The predicted octanol–water partition coefficient (Wildman–Crippen LogP) is 0.996. The van der Waals surface area contributed by atoms with Crippen LogP contribution in [-0.4, -0.2) is 20.6 Å². The molecule has 0 saturated carbocycles. The molecule has 0 fully saturated rings. The van der Waals surface area contributed by atoms with Gasteiger partial charge in [0.05, 0.1) is 18.4 Å². The van der Waals surface area contributed by atoms with E-state index in [1.165, 1.54) is 0 Å². The third kappa shape index (κ3) is 1.36. The topological polar surface area (TPSA) is 81.1 Å². The molecule has 1 aliphatic rings. The summed E-state index contributed by atoms with van der Waals surface area (Å²) in [4.78, 5) is 15.2. The number of hydrogen-bond acceptors (Lipinski definition) is 3. The van der Waals surface area contributed by atoms with Crippen LogP contribution in [0.2, 0.25) is 0 Å². The van der Waals surface area contributed by atoms with E-state index in [-0.39, 0.29) is 0 Å². The molecule has 5 nitrogen and oxygen atoms in total. The lowest BCUT2D eigenvalue weighted by Crippen LogP contribution is -2.23. The summed E-state index contributed by atoms with van der Waals surface area (Å²) >= 11 is 0. The van der Waals surface area contributed by atoms with Crippen molar-refractivity contribution in [1.82, 2.24) is 9.55 Å². The van der Waals surface area contributed by atoms with Crippen LogP contribution in [0.15, 0.2) is 30.5 Å². The van der Waals surface area contributed by atoms with Crippen molar-refractivity contribution in [3.63, 3.8) is 0 Å². The van der Waals surface area contributed by atoms with E-state index in [1.807, 2.05) is 28.8 Å². The van der Waals surface area contributed by atoms with Crippen LogP contribution in [0.3, 0.4) is 0 Å². The quantitative estimate of drug-likeness (QED) is 0.686. The van der Waals surface area contributed by atoms with Gasteiger partial charge in [-0.2, -0.15) is 0 Å². The summed E-state index contributed by atoms with van der Waals surface area (Å²) in [5, 5.41) is 8.94. The van der Waals surface area contributed by atoms with Gasteiger partial charge >= 0.3 is 5.97 Å². The third-order valence-corrected chi connectivity index (χ3v) is 3.06. The number of carbonyl (C=O) groups is 1. The van der Waals surface area contributed by atoms with Crippen LogP contribution in [0.1, 0.15) is 17.3 Å². The van der Waals surface area contributed by atoms with Crippen LogP contribution in [0, 0.1) is 0 Å². The van der Waals surface area contributed by atoms with Crippen LogP contribution >= 0.6 is 0 Å². The summed E-state index contributed by atoms with van der Waals surface area (Å²) in [7, 11) is 0. The minimum absolute atomic E-state index is 0.545. The van der Waals surface area contributed by atoms with Crippen molar-refractivity contribution >= 4 is 5.97 Å². The van der Waals surface area contributed by atoms with Gasteiger partial charge in [-0.3, -0.25) is 4.79 Å².